The van der Waals surface area contributed by atoms with Gasteiger partial charge in [-0.2, -0.15) is 13.2 Å². The van der Waals surface area contributed by atoms with E-state index in [1.807, 2.05) is 13.8 Å². The van der Waals surface area contributed by atoms with Crippen LogP contribution in [0.15, 0.2) is 30.6 Å². The fraction of sp³-hybridized carbons (Fsp3) is 0.579. The van der Waals surface area contributed by atoms with Gasteiger partial charge in [-0.15, -0.1) is 5.10 Å². The molecule has 2 atom stereocenters. The SMILES string of the molecule is CCC(C)C(C(=O)N1CCC(O)(c2cccc(C(F)(F)F)c2)CC1)n1cnnn1. The van der Waals surface area contributed by atoms with Crippen LogP contribution in [0.3, 0.4) is 0 Å². The van der Waals surface area contributed by atoms with Gasteiger partial charge in [-0.1, -0.05) is 32.4 Å². The van der Waals surface area contributed by atoms with Gasteiger partial charge >= 0.3 is 6.18 Å². The molecule has 10 heteroatoms. The monoisotopic (exact) mass is 411 g/mol. The van der Waals surface area contributed by atoms with E-state index in [-0.39, 0.29) is 43.3 Å². The van der Waals surface area contributed by atoms with Crippen LogP contribution in [-0.2, 0) is 16.6 Å². The fourth-order valence-electron chi connectivity index (χ4n) is 3.69. The maximum Gasteiger partial charge on any atom is 0.416 e. The lowest BCUT2D eigenvalue weighted by molar-refractivity contribution is -0.141. The Labute approximate surface area is 166 Å². The highest BCUT2D eigenvalue weighted by molar-refractivity contribution is 5.80. The van der Waals surface area contributed by atoms with Crippen LogP contribution < -0.4 is 0 Å². The summed E-state index contributed by atoms with van der Waals surface area (Å²) in [6, 6.07) is 4.20. The number of hydrogen-bond donors (Lipinski definition) is 1. The minimum absolute atomic E-state index is 0.00437. The Kier molecular flexibility index (Phi) is 5.92. The molecule has 158 valence electrons. The average molecular weight is 411 g/mol. The summed E-state index contributed by atoms with van der Waals surface area (Å²) in [7, 11) is 0. The Hall–Kier alpha value is -2.49. The van der Waals surface area contributed by atoms with Crippen LogP contribution in [0.4, 0.5) is 13.2 Å². The Balaban J connectivity index is 1.75. The van der Waals surface area contributed by atoms with Crippen molar-refractivity contribution >= 4 is 5.91 Å². The molecule has 1 fully saturated rings. The van der Waals surface area contributed by atoms with Crippen molar-refractivity contribution in [3.05, 3.63) is 41.7 Å². The molecule has 0 aliphatic carbocycles. The molecule has 0 bridgehead atoms. The van der Waals surface area contributed by atoms with Gasteiger partial charge in [0, 0.05) is 13.1 Å². The van der Waals surface area contributed by atoms with Gasteiger partial charge in [0.2, 0.25) is 5.91 Å². The molecule has 2 aromatic rings. The Morgan fingerprint density at radius 2 is 2.00 bits per heavy atom. The normalized spacial score (nSPS) is 19.0. The fourth-order valence-corrected chi connectivity index (χ4v) is 3.69. The largest absolute Gasteiger partial charge is 0.416 e. The smallest absolute Gasteiger partial charge is 0.385 e. The van der Waals surface area contributed by atoms with E-state index in [0.29, 0.717) is 0 Å². The van der Waals surface area contributed by atoms with Crippen molar-refractivity contribution in [3.63, 3.8) is 0 Å². The van der Waals surface area contributed by atoms with Gasteiger partial charge in [0.05, 0.1) is 11.2 Å². The maximum atomic E-state index is 13.1. The predicted octanol–water partition coefficient (Wildman–Crippen LogP) is 2.79. The first-order valence-electron chi connectivity index (χ1n) is 9.57. The van der Waals surface area contributed by atoms with Crippen molar-refractivity contribution in [3.8, 4) is 0 Å². The number of alkyl halides is 3. The van der Waals surface area contributed by atoms with Gasteiger partial charge in [-0.05, 0) is 46.9 Å². The zero-order valence-corrected chi connectivity index (χ0v) is 16.3. The maximum absolute atomic E-state index is 13.1. The van der Waals surface area contributed by atoms with E-state index in [2.05, 4.69) is 15.5 Å². The number of carbonyl (C=O) groups is 1. The standard InChI is InChI=1S/C19H24F3N5O2/c1-3-13(2)16(27-12-23-24-25-27)17(28)26-9-7-18(29,8-10-26)14-5-4-6-15(11-14)19(20,21)22/h4-6,11-13,16,29H,3,7-10H2,1-2H3. The molecule has 0 saturated carbocycles. The van der Waals surface area contributed by atoms with Crippen LogP contribution in [0.1, 0.15) is 50.3 Å². The number of aromatic nitrogens is 4. The molecule has 1 aromatic carbocycles. The van der Waals surface area contributed by atoms with Crippen LogP contribution in [-0.4, -0.2) is 49.2 Å². The number of benzene rings is 1. The lowest BCUT2D eigenvalue weighted by atomic mass is 9.83. The summed E-state index contributed by atoms with van der Waals surface area (Å²) in [5.74, 6) is -0.159. The molecule has 2 unspecified atom stereocenters. The van der Waals surface area contributed by atoms with Crippen molar-refractivity contribution < 1.29 is 23.1 Å². The molecule has 29 heavy (non-hydrogen) atoms. The highest BCUT2D eigenvalue weighted by Gasteiger charge is 2.40. The Bertz CT molecular complexity index is 833. The quantitative estimate of drug-likeness (QED) is 0.818. The number of amides is 1. The van der Waals surface area contributed by atoms with Crippen molar-refractivity contribution in [2.45, 2.75) is 50.9 Å². The van der Waals surface area contributed by atoms with Crippen molar-refractivity contribution in [2.75, 3.05) is 13.1 Å². The summed E-state index contributed by atoms with van der Waals surface area (Å²) in [5.41, 5.74) is -1.98. The molecule has 1 aliphatic heterocycles. The number of aliphatic hydroxyl groups is 1. The number of likely N-dealkylation sites (tertiary alicyclic amines) is 1. The van der Waals surface area contributed by atoms with Crippen LogP contribution in [0.5, 0.6) is 0 Å². The molecular weight excluding hydrogens is 387 g/mol. The van der Waals surface area contributed by atoms with Gasteiger partial charge in [0.15, 0.2) is 0 Å². The van der Waals surface area contributed by atoms with Gasteiger partial charge < -0.3 is 10.0 Å². The summed E-state index contributed by atoms with van der Waals surface area (Å²) in [5, 5.41) is 22.0. The van der Waals surface area contributed by atoms with Crippen molar-refractivity contribution in [1.82, 2.24) is 25.1 Å². The van der Waals surface area contributed by atoms with E-state index in [0.717, 1.165) is 18.6 Å². The molecule has 0 spiro atoms. The first kappa shape index (κ1) is 21.2. The highest BCUT2D eigenvalue weighted by atomic mass is 19.4. The van der Waals surface area contributed by atoms with E-state index in [1.54, 1.807) is 4.90 Å². The van der Waals surface area contributed by atoms with E-state index in [1.165, 1.54) is 23.1 Å². The Morgan fingerprint density at radius 3 is 2.55 bits per heavy atom. The third-order valence-corrected chi connectivity index (χ3v) is 5.72. The first-order chi connectivity index (χ1) is 13.7. The number of halogens is 3. The molecule has 1 saturated heterocycles. The summed E-state index contributed by atoms with van der Waals surface area (Å²) in [6.45, 7) is 4.38. The number of nitrogens with zero attached hydrogens (tertiary/aromatic N) is 5. The molecule has 3 rings (SSSR count). The average Bonchev–Trinajstić information content (AvgIpc) is 3.22. The zero-order chi connectivity index (χ0) is 21.2. The number of carbonyl (C=O) groups excluding carboxylic acids is 1. The van der Waals surface area contributed by atoms with Gasteiger partial charge in [-0.25, -0.2) is 4.68 Å². The lowest BCUT2D eigenvalue weighted by Crippen LogP contribution is -2.48. The third-order valence-electron chi connectivity index (χ3n) is 5.72. The topological polar surface area (TPSA) is 84.1 Å². The third kappa shape index (κ3) is 4.42. The first-order valence-corrected chi connectivity index (χ1v) is 9.57. The molecule has 1 N–H and O–H groups in total. The predicted molar refractivity (Wildman–Crippen MR) is 97.5 cm³/mol. The number of tetrazole rings is 1. The summed E-state index contributed by atoms with van der Waals surface area (Å²) in [6.07, 6.45) is -2.01. The van der Waals surface area contributed by atoms with E-state index < -0.39 is 23.4 Å². The number of rotatable bonds is 5. The minimum Gasteiger partial charge on any atom is -0.385 e. The van der Waals surface area contributed by atoms with E-state index in [4.69, 9.17) is 0 Å². The van der Waals surface area contributed by atoms with E-state index >= 15 is 0 Å². The number of piperidine rings is 1. The summed E-state index contributed by atoms with van der Waals surface area (Å²) in [4.78, 5) is 14.7. The Morgan fingerprint density at radius 1 is 1.31 bits per heavy atom. The van der Waals surface area contributed by atoms with Gasteiger partial charge in [-0.3, -0.25) is 4.79 Å². The molecule has 2 heterocycles. The molecule has 1 amide bonds. The van der Waals surface area contributed by atoms with Crippen LogP contribution >= 0.6 is 0 Å². The second kappa shape index (κ2) is 8.10. The van der Waals surface area contributed by atoms with E-state index in [9.17, 15) is 23.1 Å². The summed E-state index contributed by atoms with van der Waals surface area (Å²) < 4.78 is 40.5. The minimum atomic E-state index is -4.47. The molecule has 1 aliphatic rings. The van der Waals surface area contributed by atoms with Gasteiger partial charge in [0.25, 0.3) is 0 Å². The molecule has 0 radical (unpaired) electrons. The second-order valence-electron chi connectivity index (χ2n) is 7.56. The van der Waals surface area contributed by atoms with Crippen molar-refractivity contribution in [2.24, 2.45) is 5.92 Å². The highest BCUT2D eigenvalue weighted by Crippen LogP contribution is 2.37. The van der Waals surface area contributed by atoms with Crippen LogP contribution in [0.25, 0.3) is 0 Å². The van der Waals surface area contributed by atoms with Crippen molar-refractivity contribution in [1.29, 1.82) is 0 Å². The molecule has 7 nitrogen and oxygen atoms in total. The molecule has 1 aromatic heterocycles. The second-order valence-corrected chi connectivity index (χ2v) is 7.56. The lowest BCUT2D eigenvalue weighted by Gasteiger charge is -2.40. The van der Waals surface area contributed by atoms with Crippen LogP contribution in [0.2, 0.25) is 0 Å². The molecular formula is C19H24F3N5O2. The zero-order valence-electron chi connectivity index (χ0n) is 16.3. The van der Waals surface area contributed by atoms with Gasteiger partial charge in [0.1, 0.15) is 12.4 Å². The van der Waals surface area contributed by atoms with Crippen LogP contribution in [0, 0.1) is 5.92 Å². The number of hydrogen-bond acceptors (Lipinski definition) is 5. The summed E-state index contributed by atoms with van der Waals surface area (Å²) >= 11 is 0.